The first-order chi connectivity index (χ1) is 14.2. The van der Waals surface area contributed by atoms with Crippen molar-refractivity contribution in [3.05, 3.63) is 75.7 Å². The molecule has 4 rings (SSSR count). The Labute approximate surface area is 172 Å². The van der Waals surface area contributed by atoms with E-state index in [9.17, 15) is 9.65 Å². The van der Waals surface area contributed by atoms with Gasteiger partial charge in [0.25, 0.3) is 0 Å². The molecule has 0 saturated heterocycles. The van der Waals surface area contributed by atoms with Gasteiger partial charge in [-0.15, -0.1) is 11.3 Å². The predicted octanol–water partition coefficient (Wildman–Crippen LogP) is 5.93. The van der Waals surface area contributed by atoms with E-state index >= 15 is 0 Å². The third-order valence-corrected chi connectivity index (χ3v) is 6.20. The number of thiophene rings is 1. The number of ether oxygens (including phenoxy) is 2. The Kier molecular flexibility index (Phi) is 5.32. The normalized spacial score (nSPS) is 16.0. The van der Waals surface area contributed by atoms with Crippen LogP contribution in [0.5, 0.6) is 5.75 Å². The molecule has 0 saturated carbocycles. The molecule has 0 fully saturated rings. The zero-order valence-corrected chi connectivity index (χ0v) is 16.9. The summed E-state index contributed by atoms with van der Waals surface area (Å²) in [6.07, 6.45) is 2.19. The number of benzene rings is 2. The van der Waals surface area contributed by atoms with Crippen LogP contribution >= 0.6 is 11.3 Å². The van der Waals surface area contributed by atoms with Crippen LogP contribution in [0.3, 0.4) is 0 Å². The molecule has 0 radical (unpaired) electrons. The molecule has 0 amide bonds. The Morgan fingerprint density at radius 3 is 2.72 bits per heavy atom. The zero-order chi connectivity index (χ0) is 20.4. The van der Waals surface area contributed by atoms with Crippen molar-refractivity contribution in [3.63, 3.8) is 0 Å². The van der Waals surface area contributed by atoms with E-state index in [0.717, 1.165) is 26.9 Å². The van der Waals surface area contributed by atoms with Gasteiger partial charge in [0.15, 0.2) is 12.2 Å². The summed E-state index contributed by atoms with van der Waals surface area (Å²) in [5.41, 5.74) is 2.42. The monoisotopic (exact) mass is 406 g/mol. The summed E-state index contributed by atoms with van der Waals surface area (Å²) < 4.78 is 26.0. The Balaban J connectivity index is 1.96. The van der Waals surface area contributed by atoms with Gasteiger partial charge < -0.3 is 9.47 Å². The van der Waals surface area contributed by atoms with Crippen molar-refractivity contribution in [2.75, 3.05) is 6.61 Å². The number of aliphatic imine (C=N–C) groups is 1. The van der Waals surface area contributed by atoms with E-state index in [0.29, 0.717) is 17.9 Å². The first-order valence-corrected chi connectivity index (χ1v) is 10.3. The van der Waals surface area contributed by atoms with Crippen LogP contribution in [0.25, 0.3) is 10.1 Å². The molecule has 1 aliphatic heterocycles. The van der Waals surface area contributed by atoms with Gasteiger partial charge in [-0.3, -0.25) is 0 Å². The number of halogens is 1. The van der Waals surface area contributed by atoms with Gasteiger partial charge in [0.2, 0.25) is 5.88 Å². The molecule has 2 aromatic carbocycles. The van der Waals surface area contributed by atoms with Crippen molar-refractivity contribution in [1.29, 1.82) is 5.26 Å². The number of nitrogens with zero attached hydrogens (tertiary/aromatic N) is 2. The fraction of sp³-hybridized carbons (Fsp3) is 0.217. The average molecular weight is 406 g/mol. The third-order valence-electron chi connectivity index (χ3n) is 4.87. The molecule has 1 unspecified atom stereocenters. The smallest absolute Gasteiger partial charge is 0.236 e. The molecule has 2 heterocycles. The minimum atomic E-state index is -0.375. The highest BCUT2D eigenvalue weighted by Gasteiger charge is 2.35. The fourth-order valence-corrected chi connectivity index (χ4v) is 4.94. The van der Waals surface area contributed by atoms with Gasteiger partial charge >= 0.3 is 0 Å². The molecule has 1 aromatic heterocycles. The lowest BCUT2D eigenvalue weighted by Gasteiger charge is -2.23. The molecule has 0 bridgehead atoms. The van der Waals surface area contributed by atoms with E-state index in [4.69, 9.17) is 9.47 Å². The van der Waals surface area contributed by atoms with Gasteiger partial charge in [0, 0.05) is 10.1 Å². The summed E-state index contributed by atoms with van der Waals surface area (Å²) in [7, 11) is 0. The number of hydrogen-bond acceptors (Lipinski definition) is 5. The minimum Gasteiger partial charge on any atom is -0.483 e. The van der Waals surface area contributed by atoms with Crippen LogP contribution in [0.1, 0.15) is 35.8 Å². The van der Waals surface area contributed by atoms with Gasteiger partial charge in [-0.25, -0.2) is 4.39 Å². The van der Waals surface area contributed by atoms with E-state index in [2.05, 4.69) is 24.1 Å². The van der Waals surface area contributed by atoms with Crippen LogP contribution in [0.2, 0.25) is 0 Å². The molecule has 29 heavy (non-hydrogen) atoms. The van der Waals surface area contributed by atoms with Crippen molar-refractivity contribution in [2.45, 2.75) is 26.2 Å². The van der Waals surface area contributed by atoms with Crippen LogP contribution < -0.4 is 4.74 Å². The van der Waals surface area contributed by atoms with Crippen molar-refractivity contribution in [2.24, 2.45) is 4.99 Å². The SMILES string of the molecule is CCO/C=N/C1=C(C#N)C(c2ccc(F)cc2)c2sc3c(CC)cccc3c2O1. The Hall–Kier alpha value is -3.17. The van der Waals surface area contributed by atoms with Crippen LogP contribution in [-0.4, -0.2) is 13.0 Å². The van der Waals surface area contributed by atoms with Crippen molar-refractivity contribution < 1.29 is 13.9 Å². The second kappa shape index (κ2) is 8.06. The number of fused-ring (bicyclic) bond motifs is 3. The van der Waals surface area contributed by atoms with Gasteiger partial charge in [0.05, 0.1) is 17.4 Å². The van der Waals surface area contributed by atoms with E-state index in [1.807, 2.05) is 19.1 Å². The number of aryl methyl sites for hydroxylation is 1. The van der Waals surface area contributed by atoms with Crippen molar-refractivity contribution in [1.82, 2.24) is 0 Å². The lowest BCUT2D eigenvalue weighted by atomic mass is 9.88. The van der Waals surface area contributed by atoms with E-state index in [-0.39, 0.29) is 17.6 Å². The standard InChI is InChI=1S/C23H19FN2O2S/c1-3-14-6-5-7-17-20-22(29-21(14)17)19(15-8-10-16(24)11-9-15)18(12-25)23(28-20)26-13-27-4-2/h5-11,13,19H,3-4H2,1-2H3/b26-13+. The average Bonchev–Trinajstić information content (AvgIpc) is 3.12. The van der Waals surface area contributed by atoms with Crippen LogP contribution in [0.4, 0.5) is 4.39 Å². The van der Waals surface area contributed by atoms with Crippen LogP contribution in [0.15, 0.2) is 58.9 Å². The summed E-state index contributed by atoms with van der Waals surface area (Å²) in [6.45, 7) is 4.43. The molecule has 146 valence electrons. The zero-order valence-electron chi connectivity index (χ0n) is 16.1. The van der Waals surface area contributed by atoms with Gasteiger partial charge in [-0.05, 0) is 42.7 Å². The Morgan fingerprint density at radius 2 is 2.03 bits per heavy atom. The quantitative estimate of drug-likeness (QED) is 0.390. The van der Waals surface area contributed by atoms with Crippen LogP contribution in [-0.2, 0) is 11.2 Å². The van der Waals surface area contributed by atoms with Crippen molar-refractivity contribution >= 4 is 27.8 Å². The molecule has 0 spiro atoms. The predicted molar refractivity (Wildman–Crippen MR) is 113 cm³/mol. The number of allylic oxidation sites excluding steroid dienone is 1. The molecular formula is C23H19FN2O2S. The molecule has 0 aliphatic carbocycles. The molecule has 1 atom stereocenters. The second-order valence-corrected chi connectivity index (χ2v) is 7.60. The topological polar surface area (TPSA) is 54.6 Å². The van der Waals surface area contributed by atoms with E-state index in [1.165, 1.54) is 24.1 Å². The molecule has 3 aromatic rings. The van der Waals surface area contributed by atoms with Crippen molar-refractivity contribution in [3.8, 4) is 11.8 Å². The fourth-order valence-electron chi connectivity index (χ4n) is 3.49. The highest BCUT2D eigenvalue weighted by molar-refractivity contribution is 7.19. The molecule has 0 N–H and O–H groups in total. The van der Waals surface area contributed by atoms with Gasteiger partial charge in [-0.1, -0.05) is 31.2 Å². The lowest BCUT2D eigenvalue weighted by molar-refractivity contribution is 0.336. The number of nitriles is 1. The molecule has 1 aliphatic rings. The summed E-state index contributed by atoms with van der Waals surface area (Å²) >= 11 is 1.62. The van der Waals surface area contributed by atoms with E-state index in [1.54, 1.807) is 23.5 Å². The maximum Gasteiger partial charge on any atom is 0.236 e. The first kappa shape index (κ1) is 19.2. The largest absolute Gasteiger partial charge is 0.483 e. The van der Waals surface area contributed by atoms with Gasteiger partial charge in [-0.2, -0.15) is 10.3 Å². The number of rotatable bonds is 5. The van der Waals surface area contributed by atoms with Gasteiger partial charge in [0.1, 0.15) is 17.5 Å². The highest BCUT2D eigenvalue weighted by Crippen LogP contribution is 2.51. The Bertz CT molecular complexity index is 1160. The maximum atomic E-state index is 13.5. The van der Waals surface area contributed by atoms with E-state index < -0.39 is 0 Å². The first-order valence-electron chi connectivity index (χ1n) is 9.43. The maximum absolute atomic E-state index is 13.5. The molecule has 4 nitrogen and oxygen atoms in total. The molecular weight excluding hydrogens is 387 g/mol. The summed E-state index contributed by atoms with van der Waals surface area (Å²) in [5, 5.41) is 10.9. The summed E-state index contributed by atoms with van der Waals surface area (Å²) in [5.74, 6) is 0.226. The summed E-state index contributed by atoms with van der Waals surface area (Å²) in [6, 6.07) is 14.6. The summed E-state index contributed by atoms with van der Waals surface area (Å²) in [4.78, 5) is 5.19. The molecule has 6 heteroatoms. The Morgan fingerprint density at radius 1 is 1.24 bits per heavy atom. The minimum absolute atomic E-state index is 0.212. The second-order valence-electron chi connectivity index (χ2n) is 6.55. The van der Waals surface area contributed by atoms with Crippen LogP contribution in [0, 0.1) is 17.1 Å². The third kappa shape index (κ3) is 3.39. The lowest BCUT2D eigenvalue weighted by Crippen LogP contribution is -2.14. The highest BCUT2D eigenvalue weighted by atomic mass is 32.1. The number of hydrogen-bond donors (Lipinski definition) is 0.